The fourth-order valence-electron chi connectivity index (χ4n) is 3.49. The van der Waals surface area contributed by atoms with Crippen LogP contribution in [0.5, 0.6) is 0 Å². The van der Waals surface area contributed by atoms with Gasteiger partial charge in [-0.3, -0.25) is 4.79 Å². The number of benzene rings is 2. The SMILES string of the molecule is CC(C)c1ccc(NC(=O)c2ccnc(N3CCCc4ccccc43)n2)cc1. The number of amides is 1. The predicted octanol–water partition coefficient (Wildman–Crippen LogP) is 4.94. The molecule has 4 rings (SSSR count). The topological polar surface area (TPSA) is 58.1 Å². The van der Waals surface area contributed by atoms with Crippen molar-refractivity contribution in [3.63, 3.8) is 0 Å². The Kier molecular flexibility index (Phi) is 5.06. The second-order valence-electron chi connectivity index (χ2n) is 7.36. The first kappa shape index (κ1) is 18.2. The Labute approximate surface area is 165 Å². The van der Waals surface area contributed by atoms with Crippen molar-refractivity contribution in [2.24, 2.45) is 0 Å². The zero-order valence-corrected chi connectivity index (χ0v) is 16.2. The standard InChI is InChI=1S/C23H24N4O/c1-16(2)17-9-11-19(12-10-17)25-22(28)20-13-14-24-23(26-20)27-15-5-7-18-6-3-4-8-21(18)27/h3-4,6,8-14,16H,5,7,15H2,1-2H3,(H,25,28). The van der Waals surface area contributed by atoms with Crippen molar-refractivity contribution in [2.45, 2.75) is 32.6 Å². The van der Waals surface area contributed by atoms with Gasteiger partial charge in [-0.15, -0.1) is 0 Å². The summed E-state index contributed by atoms with van der Waals surface area (Å²) in [5.74, 6) is 0.794. The minimum Gasteiger partial charge on any atom is -0.321 e. The number of rotatable bonds is 4. The minimum atomic E-state index is -0.230. The van der Waals surface area contributed by atoms with Gasteiger partial charge in [-0.05, 0) is 54.2 Å². The van der Waals surface area contributed by atoms with Gasteiger partial charge >= 0.3 is 0 Å². The van der Waals surface area contributed by atoms with Crippen molar-refractivity contribution in [3.05, 3.63) is 77.6 Å². The molecular weight excluding hydrogens is 348 g/mol. The lowest BCUT2D eigenvalue weighted by molar-refractivity contribution is 0.102. The van der Waals surface area contributed by atoms with E-state index in [1.54, 1.807) is 12.3 Å². The van der Waals surface area contributed by atoms with E-state index >= 15 is 0 Å². The quantitative estimate of drug-likeness (QED) is 0.705. The molecule has 142 valence electrons. The van der Waals surface area contributed by atoms with E-state index < -0.39 is 0 Å². The molecule has 0 atom stereocenters. The van der Waals surface area contributed by atoms with E-state index in [0.717, 1.165) is 30.8 Å². The van der Waals surface area contributed by atoms with E-state index in [2.05, 4.69) is 52.2 Å². The summed E-state index contributed by atoms with van der Waals surface area (Å²) in [4.78, 5) is 23.7. The molecule has 1 N–H and O–H groups in total. The van der Waals surface area contributed by atoms with Crippen LogP contribution in [0.1, 0.15) is 47.8 Å². The molecule has 1 aromatic heterocycles. The number of hydrogen-bond donors (Lipinski definition) is 1. The fourth-order valence-corrected chi connectivity index (χ4v) is 3.49. The Morgan fingerprint density at radius 2 is 1.86 bits per heavy atom. The number of anilines is 3. The van der Waals surface area contributed by atoms with Gasteiger partial charge in [0.2, 0.25) is 5.95 Å². The van der Waals surface area contributed by atoms with Crippen molar-refractivity contribution in [2.75, 3.05) is 16.8 Å². The van der Waals surface area contributed by atoms with Gasteiger partial charge in [-0.2, -0.15) is 0 Å². The highest BCUT2D eigenvalue weighted by Crippen LogP contribution is 2.31. The smallest absolute Gasteiger partial charge is 0.274 e. The number of nitrogens with one attached hydrogen (secondary N) is 1. The molecule has 2 heterocycles. The number of para-hydroxylation sites is 1. The van der Waals surface area contributed by atoms with Crippen LogP contribution in [-0.4, -0.2) is 22.4 Å². The van der Waals surface area contributed by atoms with Crippen molar-refractivity contribution in [1.82, 2.24) is 9.97 Å². The maximum atomic E-state index is 12.7. The van der Waals surface area contributed by atoms with Gasteiger partial charge < -0.3 is 10.2 Å². The Hall–Kier alpha value is -3.21. The minimum absolute atomic E-state index is 0.230. The monoisotopic (exact) mass is 372 g/mol. The van der Waals surface area contributed by atoms with Crippen molar-refractivity contribution in [3.8, 4) is 0 Å². The number of carbonyl (C=O) groups excluding carboxylic acids is 1. The summed E-state index contributed by atoms with van der Waals surface area (Å²) in [6.45, 7) is 5.14. The molecule has 0 spiro atoms. The summed E-state index contributed by atoms with van der Waals surface area (Å²) < 4.78 is 0. The second-order valence-corrected chi connectivity index (χ2v) is 7.36. The Bertz CT molecular complexity index is 982. The number of fused-ring (bicyclic) bond motifs is 1. The lowest BCUT2D eigenvalue weighted by Crippen LogP contribution is -2.27. The Balaban J connectivity index is 1.55. The fraction of sp³-hybridized carbons (Fsp3) is 0.261. The molecule has 0 bridgehead atoms. The van der Waals surface area contributed by atoms with E-state index in [4.69, 9.17) is 0 Å². The molecule has 5 nitrogen and oxygen atoms in total. The highest BCUT2D eigenvalue weighted by Gasteiger charge is 2.21. The predicted molar refractivity (Wildman–Crippen MR) is 112 cm³/mol. The normalized spacial score (nSPS) is 13.3. The van der Waals surface area contributed by atoms with Crippen LogP contribution in [0.3, 0.4) is 0 Å². The summed E-state index contributed by atoms with van der Waals surface area (Å²) in [5, 5.41) is 2.93. The third-order valence-electron chi connectivity index (χ3n) is 5.06. The first-order chi connectivity index (χ1) is 13.6. The second kappa shape index (κ2) is 7.80. The van der Waals surface area contributed by atoms with Crippen LogP contribution in [0.2, 0.25) is 0 Å². The van der Waals surface area contributed by atoms with E-state index in [1.807, 2.05) is 30.3 Å². The van der Waals surface area contributed by atoms with Crippen LogP contribution in [0, 0.1) is 0 Å². The van der Waals surface area contributed by atoms with E-state index in [0.29, 0.717) is 17.6 Å². The Morgan fingerprint density at radius 1 is 1.07 bits per heavy atom. The third-order valence-corrected chi connectivity index (χ3v) is 5.06. The summed E-state index contributed by atoms with van der Waals surface area (Å²) in [6.07, 6.45) is 3.74. The molecule has 0 saturated heterocycles. The van der Waals surface area contributed by atoms with Crippen LogP contribution in [0.25, 0.3) is 0 Å². The molecule has 5 heteroatoms. The molecular formula is C23H24N4O. The van der Waals surface area contributed by atoms with Gasteiger partial charge in [0.15, 0.2) is 0 Å². The highest BCUT2D eigenvalue weighted by molar-refractivity contribution is 6.03. The summed E-state index contributed by atoms with van der Waals surface area (Å²) in [5.41, 5.74) is 4.78. The molecule has 0 aliphatic carbocycles. The van der Waals surface area contributed by atoms with Gasteiger partial charge in [0.1, 0.15) is 5.69 Å². The number of aryl methyl sites for hydroxylation is 1. The molecule has 1 aliphatic heterocycles. The van der Waals surface area contributed by atoms with E-state index in [9.17, 15) is 4.79 Å². The molecule has 28 heavy (non-hydrogen) atoms. The molecule has 1 amide bonds. The largest absolute Gasteiger partial charge is 0.321 e. The number of carbonyl (C=O) groups is 1. The van der Waals surface area contributed by atoms with Crippen LogP contribution in [0.15, 0.2) is 60.8 Å². The first-order valence-electron chi connectivity index (χ1n) is 9.71. The van der Waals surface area contributed by atoms with Gasteiger partial charge in [0, 0.05) is 24.1 Å². The molecule has 1 aliphatic rings. The Morgan fingerprint density at radius 3 is 2.64 bits per heavy atom. The molecule has 0 unspecified atom stereocenters. The molecule has 0 saturated carbocycles. The van der Waals surface area contributed by atoms with Crippen LogP contribution in [-0.2, 0) is 6.42 Å². The van der Waals surface area contributed by atoms with Gasteiger partial charge in [-0.1, -0.05) is 44.2 Å². The maximum absolute atomic E-state index is 12.7. The third kappa shape index (κ3) is 3.74. The zero-order chi connectivity index (χ0) is 19.5. The number of hydrogen-bond acceptors (Lipinski definition) is 4. The first-order valence-corrected chi connectivity index (χ1v) is 9.71. The average Bonchev–Trinajstić information content (AvgIpc) is 2.74. The summed E-state index contributed by atoms with van der Waals surface area (Å²) in [6, 6.07) is 17.9. The molecule has 0 radical (unpaired) electrons. The molecule has 0 fully saturated rings. The van der Waals surface area contributed by atoms with Crippen LogP contribution >= 0.6 is 0 Å². The number of aromatic nitrogens is 2. The van der Waals surface area contributed by atoms with Gasteiger partial charge in [-0.25, -0.2) is 9.97 Å². The van der Waals surface area contributed by atoms with Gasteiger partial charge in [0.05, 0.1) is 0 Å². The molecule has 3 aromatic rings. The maximum Gasteiger partial charge on any atom is 0.274 e. The van der Waals surface area contributed by atoms with Crippen molar-refractivity contribution in [1.29, 1.82) is 0 Å². The van der Waals surface area contributed by atoms with Crippen LogP contribution < -0.4 is 10.2 Å². The highest BCUT2D eigenvalue weighted by atomic mass is 16.1. The van der Waals surface area contributed by atoms with Gasteiger partial charge in [0.25, 0.3) is 5.91 Å². The number of nitrogens with zero attached hydrogens (tertiary/aromatic N) is 3. The zero-order valence-electron chi connectivity index (χ0n) is 16.2. The van der Waals surface area contributed by atoms with E-state index in [-0.39, 0.29) is 5.91 Å². The molecule has 2 aromatic carbocycles. The van der Waals surface area contributed by atoms with Crippen LogP contribution in [0.4, 0.5) is 17.3 Å². The van der Waals surface area contributed by atoms with E-state index in [1.165, 1.54) is 11.1 Å². The van der Waals surface area contributed by atoms with Crippen molar-refractivity contribution < 1.29 is 4.79 Å². The summed E-state index contributed by atoms with van der Waals surface area (Å²) in [7, 11) is 0. The lowest BCUT2D eigenvalue weighted by Gasteiger charge is -2.29. The average molecular weight is 372 g/mol. The summed E-state index contributed by atoms with van der Waals surface area (Å²) >= 11 is 0. The van der Waals surface area contributed by atoms with Crippen molar-refractivity contribution >= 4 is 23.2 Å². The lowest BCUT2D eigenvalue weighted by atomic mass is 10.0.